The van der Waals surface area contributed by atoms with E-state index < -0.39 is 0 Å². The lowest BCUT2D eigenvalue weighted by Crippen LogP contribution is -2.22. The Morgan fingerprint density at radius 3 is 2.67 bits per heavy atom. The Kier molecular flexibility index (Phi) is 3.95. The van der Waals surface area contributed by atoms with Crippen LogP contribution in [0.3, 0.4) is 0 Å². The van der Waals surface area contributed by atoms with E-state index in [0.29, 0.717) is 4.99 Å². The molecule has 2 nitrogen and oxygen atoms in total. The van der Waals surface area contributed by atoms with Gasteiger partial charge in [-0.3, -0.25) is 0 Å². The normalized spacial score (nSPS) is 16.8. The number of rotatable bonds is 6. The van der Waals surface area contributed by atoms with E-state index >= 15 is 0 Å². The number of hydrogen-bond donors (Lipinski definition) is 1. The molecule has 0 atom stereocenters. The van der Waals surface area contributed by atoms with E-state index in [9.17, 15) is 0 Å². The molecule has 0 aromatic rings. The van der Waals surface area contributed by atoms with E-state index in [1.165, 1.54) is 25.8 Å². The molecule has 1 fully saturated rings. The molecule has 0 aliphatic heterocycles. The Labute approximate surface area is 80.1 Å². The standard InChI is InChI=1S/C9H18N2S/c1-11(8-5-6-8)7-3-2-4-9(10)12/h8H,2-7H2,1H3,(H2,10,12). The van der Waals surface area contributed by atoms with Crippen LogP contribution in [0.1, 0.15) is 32.1 Å². The molecule has 0 heterocycles. The Hall–Kier alpha value is -0.150. The van der Waals surface area contributed by atoms with E-state index in [-0.39, 0.29) is 0 Å². The summed E-state index contributed by atoms with van der Waals surface area (Å²) in [6, 6.07) is 0.884. The number of nitrogens with two attached hydrogens (primary N) is 1. The molecular weight excluding hydrogens is 168 g/mol. The first kappa shape index (κ1) is 9.93. The molecule has 1 rings (SSSR count). The van der Waals surface area contributed by atoms with Gasteiger partial charge in [0.2, 0.25) is 0 Å². The number of unbranched alkanes of at least 4 members (excludes halogenated alkanes) is 1. The molecule has 3 heteroatoms. The maximum absolute atomic E-state index is 5.40. The summed E-state index contributed by atoms with van der Waals surface area (Å²) in [5, 5.41) is 0. The van der Waals surface area contributed by atoms with Crippen LogP contribution in [-0.4, -0.2) is 29.5 Å². The third-order valence-electron chi connectivity index (χ3n) is 2.35. The highest BCUT2D eigenvalue weighted by molar-refractivity contribution is 7.80. The lowest BCUT2D eigenvalue weighted by molar-refractivity contribution is 0.317. The van der Waals surface area contributed by atoms with E-state index in [0.717, 1.165) is 18.9 Å². The van der Waals surface area contributed by atoms with Gasteiger partial charge in [0.25, 0.3) is 0 Å². The van der Waals surface area contributed by atoms with Crippen molar-refractivity contribution in [1.82, 2.24) is 4.90 Å². The van der Waals surface area contributed by atoms with Gasteiger partial charge in [0.1, 0.15) is 0 Å². The predicted molar refractivity (Wildman–Crippen MR) is 56.3 cm³/mol. The highest BCUT2D eigenvalue weighted by Crippen LogP contribution is 2.25. The summed E-state index contributed by atoms with van der Waals surface area (Å²) in [5.41, 5.74) is 5.40. The van der Waals surface area contributed by atoms with Crippen molar-refractivity contribution in [2.75, 3.05) is 13.6 Å². The van der Waals surface area contributed by atoms with Crippen molar-refractivity contribution in [2.24, 2.45) is 5.73 Å². The van der Waals surface area contributed by atoms with E-state index in [4.69, 9.17) is 18.0 Å². The minimum absolute atomic E-state index is 0.657. The third-order valence-corrected chi connectivity index (χ3v) is 2.56. The van der Waals surface area contributed by atoms with Crippen molar-refractivity contribution in [2.45, 2.75) is 38.1 Å². The maximum Gasteiger partial charge on any atom is 0.0727 e. The van der Waals surface area contributed by atoms with Crippen LogP contribution in [0.4, 0.5) is 0 Å². The minimum atomic E-state index is 0.657. The summed E-state index contributed by atoms with van der Waals surface area (Å²) in [6.07, 6.45) is 6.07. The number of thiocarbonyl (C=S) groups is 1. The summed E-state index contributed by atoms with van der Waals surface area (Å²) < 4.78 is 0. The first-order valence-corrected chi connectivity index (χ1v) is 5.09. The molecule has 0 amide bonds. The molecule has 0 aromatic carbocycles. The second kappa shape index (κ2) is 4.77. The Bertz CT molecular complexity index is 155. The fourth-order valence-electron chi connectivity index (χ4n) is 1.36. The first-order chi connectivity index (χ1) is 5.70. The number of hydrogen-bond acceptors (Lipinski definition) is 2. The van der Waals surface area contributed by atoms with Crippen LogP contribution in [-0.2, 0) is 0 Å². The molecule has 0 radical (unpaired) electrons. The predicted octanol–water partition coefficient (Wildman–Crippen LogP) is 1.54. The second-order valence-corrected chi connectivity index (χ2v) is 4.16. The first-order valence-electron chi connectivity index (χ1n) is 4.68. The van der Waals surface area contributed by atoms with Crippen molar-refractivity contribution in [1.29, 1.82) is 0 Å². The molecule has 0 bridgehead atoms. The van der Waals surface area contributed by atoms with Crippen LogP contribution in [0.25, 0.3) is 0 Å². The van der Waals surface area contributed by atoms with E-state index in [2.05, 4.69) is 11.9 Å². The molecule has 1 aliphatic carbocycles. The number of nitrogens with zero attached hydrogens (tertiary/aromatic N) is 1. The summed E-state index contributed by atoms with van der Waals surface area (Å²) in [7, 11) is 2.21. The zero-order valence-electron chi connectivity index (χ0n) is 7.75. The average molecular weight is 186 g/mol. The highest BCUT2D eigenvalue weighted by atomic mass is 32.1. The van der Waals surface area contributed by atoms with Gasteiger partial charge in [0.05, 0.1) is 4.99 Å². The lowest BCUT2D eigenvalue weighted by atomic mass is 10.2. The zero-order chi connectivity index (χ0) is 8.97. The Morgan fingerprint density at radius 1 is 1.50 bits per heavy atom. The molecule has 0 saturated heterocycles. The second-order valence-electron chi connectivity index (χ2n) is 3.64. The van der Waals surface area contributed by atoms with Crippen LogP contribution < -0.4 is 5.73 Å². The summed E-state index contributed by atoms with van der Waals surface area (Å²) >= 11 is 4.80. The van der Waals surface area contributed by atoms with Gasteiger partial charge in [-0.2, -0.15) is 0 Å². The van der Waals surface area contributed by atoms with Gasteiger partial charge >= 0.3 is 0 Å². The SMILES string of the molecule is CN(CCCCC(N)=S)C1CC1. The van der Waals surface area contributed by atoms with Crippen molar-refractivity contribution < 1.29 is 0 Å². The lowest BCUT2D eigenvalue weighted by Gasteiger charge is -2.14. The van der Waals surface area contributed by atoms with Crippen LogP contribution in [0, 0.1) is 0 Å². The topological polar surface area (TPSA) is 29.3 Å². The fraction of sp³-hybridized carbons (Fsp3) is 0.889. The van der Waals surface area contributed by atoms with E-state index in [1.54, 1.807) is 0 Å². The maximum atomic E-state index is 5.40. The molecule has 70 valence electrons. The smallest absolute Gasteiger partial charge is 0.0727 e. The third kappa shape index (κ3) is 4.02. The van der Waals surface area contributed by atoms with Crippen LogP contribution >= 0.6 is 12.2 Å². The molecule has 2 N–H and O–H groups in total. The molecule has 1 aliphatic rings. The van der Waals surface area contributed by atoms with Crippen molar-refractivity contribution in [3.8, 4) is 0 Å². The molecular formula is C9H18N2S. The van der Waals surface area contributed by atoms with Crippen molar-refractivity contribution >= 4 is 17.2 Å². The van der Waals surface area contributed by atoms with Gasteiger partial charge in [-0.25, -0.2) is 0 Å². The molecule has 12 heavy (non-hydrogen) atoms. The Balaban J connectivity index is 1.90. The highest BCUT2D eigenvalue weighted by Gasteiger charge is 2.25. The Morgan fingerprint density at radius 2 is 2.17 bits per heavy atom. The molecule has 0 aromatic heterocycles. The minimum Gasteiger partial charge on any atom is -0.393 e. The van der Waals surface area contributed by atoms with Gasteiger partial charge in [-0.15, -0.1) is 0 Å². The zero-order valence-corrected chi connectivity index (χ0v) is 8.57. The average Bonchev–Trinajstić information content (AvgIpc) is 2.79. The molecule has 1 saturated carbocycles. The largest absolute Gasteiger partial charge is 0.393 e. The van der Waals surface area contributed by atoms with Crippen molar-refractivity contribution in [3.63, 3.8) is 0 Å². The van der Waals surface area contributed by atoms with Gasteiger partial charge in [0.15, 0.2) is 0 Å². The molecule has 0 unspecified atom stereocenters. The van der Waals surface area contributed by atoms with Gasteiger partial charge in [-0.05, 0) is 45.7 Å². The van der Waals surface area contributed by atoms with Crippen molar-refractivity contribution in [3.05, 3.63) is 0 Å². The summed E-state index contributed by atoms with van der Waals surface area (Å²) in [4.78, 5) is 3.10. The van der Waals surface area contributed by atoms with E-state index in [1.807, 2.05) is 0 Å². The quantitative estimate of drug-likeness (QED) is 0.504. The molecule has 0 spiro atoms. The monoisotopic (exact) mass is 186 g/mol. The summed E-state index contributed by atoms with van der Waals surface area (Å²) in [6.45, 7) is 1.20. The van der Waals surface area contributed by atoms with Crippen LogP contribution in [0.5, 0.6) is 0 Å². The fourth-order valence-corrected chi connectivity index (χ4v) is 1.50. The van der Waals surface area contributed by atoms with Gasteiger partial charge in [-0.1, -0.05) is 12.2 Å². The van der Waals surface area contributed by atoms with Crippen LogP contribution in [0.15, 0.2) is 0 Å². The van der Waals surface area contributed by atoms with Gasteiger partial charge in [0, 0.05) is 6.04 Å². The summed E-state index contributed by atoms with van der Waals surface area (Å²) in [5.74, 6) is 0. The van der Waals surface area contributed by atoms with Gasteiger partial charge < -0.3 is 10.6 Å². The van der Waals surface area contributed by atoms with Crippen LogP contribution in [0.2, 0.25) is 0 Å².